The smallest absolute Gasteiger partial charge is 0.251 e. The molecule has 0 fully saturated rings. The van der Waals surface area contributed by atoms with E-state index in [1.165, 1.54) is 0 Å². The van der Waals surface area contributed by atoms with E-state index in [9.17, 15) is 4.79 Å². The molecule has 0 saturated carbocycles. The number of hydrogen-bond acceptors (Lipinski definition) is 4. The van der Waals surface area contributed by atoms with Gasteiger partial charge in [-0.1, -0.05) is 19.9 Å². The molecule has 0 radical (unpaired) electrons. The Morgan fingerprint density at radius 3 is 2.96 bits per heavy atom. The summed E-state index contributed by atoms with van der Waals surface area (Å²) >= 11 is 0. The molecule has 1 aromatic carbocycles. The molecule has 0 spiro atoms. The average molecular weight is 352 g/mol. The van der Waals surface area contributed by atoms with Crippen molar-refractivity contribution in [3.8, 4) is 5.75 Å². The highest BCUT2D eigenvalue weighted by atomic mass is 16.5. The van der Waals surface area contributed by atoms with E-state index >= 15 is 0 Å². The fourth-order valence-corrected chi connectivity index (χ4v) is 2.56. The molecule has 2 heterocycles. The van der Waals surface area contributed by atoms with Gasteiger partial charge in [-0.15, -0.1) is 0 Å². The number of aromatic amines is 1. The number of nitrogens with zero attached hydrogens (tertiary/aromatic N) is 2. The third-order valence-electron chi connectivity index (χ3n) is 3.86. The summed E-state index contributed by atoms with van der Waals surface area (Å²) in [4.78, 5) is 24.2. The van der Waals surface area contributed by atoms with E-state index in [0.717, 1.165) is 35.6 Å². The first kappa shape index (κ1) is 17.9. The number of benzene rings is 1. The van der Waals surface area contributed by atoms with Gasteiger partial charge >= 0.3 is 0 Å². The number of ether oxygens (including phenoxy) is 1. The summed E-state index contributed by atoms with van der Waals surface area (Å²) in [5.74, 6) is 1.96. The van der Waals surface area contributed by atoms with Crippen LogP contribution in [-0.2, 0) is 6.42 Å². The Labute approximate surface area is 153 Å². The Hall–Kier alpha value is -2.89. The number of aromatic nitrogens is 3. The number of H-pyrrole nitrogens is 1. The van der Waals surface area contributed by atoms with Crippen LogP contribution in [0.5, 0.6) is 5.75 Å². The van der Waals surface area contributed by atoms with Crippen LogP contribution in [0.2, 0.25) is 0 Å². The molecule has 0 aliphatic rings. The number of hydrogen-bond donors (Lipinski definition) is 2. The number of nitrogens with one attached hydrogen (secondary N) is 2. The van der Waals surface area contributed by atoms with Crippen molar-refractivity contribution in [2.75, 3.05) is 13.2 Å². The fraction of sp³-hybridized carbons (Fsp3) is 0.350. The number of carbonyl (C=O) groups excluding carboxylic acids is 1. The summed E-state index contributed by atoms with van der Waals surface area (Å²) in [7, 11) is 0. The van der Waals surface area contributed by atoms with E-state index in [0.29, 0.717) is 24.6 Å². The van der Waals surface area contributed by atoms with Gasteiger partial charge in [0.05, 0.1) is 12.1 Å². The first-order valence-electron chi connectivity index (χ1n) is 8.92. The Morgan fingerprint density at radius 2 is 2.15 bits per heavy atom. The number of aryl methyl sites for hydroxylation is 1. The van der Waals surface area contributed by atoms with E-state index in [-0.39, 0.29) is 5.91 Å². The minimum absolute atomic E-state index is 0.0914. The van der Waals surface area contributed by atoms with E-state index in [4.69, 9.17) is 4.74 Å². The zero-order valence-electron chi connectivity index (χ0n) is 15.2. The molecule has 0 atom stereocenters. The standard InChI is InChI=1S/C20H24N4O2/c1-14(2)13-26-16-7-3-6-15(12-16)20(25)22-11-5-9-18-23-17-8-4-10-21-19(17)24-18/h3-4,6-8,10,12,14H,5,9,11,13H2,1-2H3,(H,22,25)(H,21,23,24). The molecule has 1 amide bonds. The molecule has 6 nitrogen and oxygen atoms in total. The molecule has 0 unspecified atom stereocenters. The van der Waals surface area contributed by atoms with E-state index in [1.807, 2.05) is 24.3 Å². The van der Waals surface area contributed by atoms with Gasteiger partial charge in [0.25, 0.3) is 5.91 Å². The highest BCUT2D eigenvalue weighted by molar-refractivity contribution is 5.94. The molecule has 0 aliphatic heterocycles. The molecule has 26 heavy (non-hydrogen) atoms. The lowest BCUT2D eigenvalue weighted by Crippen LogP contribution is -2.24. The molecule has 2 aromatic heterocycles. The van der Waals surface area contributed by atoms with Gasteiger partial charge < -0.3 is 15.0 Å². The van der Waals surface area contributed by atoms with Gasteiger partial charge in [-0.25, -0.2) is 9.97 Å². The van der Waals surface area contributed by atoms with Crippen molar-refractivity contribution >= 4 is 17.1 Å². The molecular weight excluding hydrogens is 328 g/mol. The zero-order chi connectivity index (χ0) is 18.4. The Balaban J connectivity index is 1.47. The van der Waals surface area contributed by atoms with Gasteiger partial charge in [-0.2, -0.15) is 0 Å². The van der Waals surface area contributed by atoms with Crippen LogP contribution in [0.3, 0.4) is 0 Å². The maximum Gasteiger partial charge on any atom is 0.251 e. The van der Waals surface area contributed by atoms with Crippen molar-refractivity contribution < 1.29 is 9.53 Å². The van der Waals surface area contributed by atoms with Gasteiger partial charge in [0.1, 0.15) is 11.6 Å². The summed E-state index contributed by atoms with van der Waals surface area (Å²) in [6, 6.07) is 11.1. The van der Waals surface area contributed by atoms with Crippen LogP contribution >= 0.6 is 0 Å². The maximum absolute atomic E-state index is 12.3. The number of carbonyl (C=O) groups is 1. The van der Waals surface area contributed by atoms with Crippen LogP contribution in [-0.4, -0.2) is 34.0 Å². The second-order valence-corrected chi connectivity index (χ2v) is 6.65. The Bertz CT molecular complexity index is 840. The van der Waals surface area contributed by atoms with E-state index in [2.05, 4.69) is 34.1 Å². The molecule has 2 N–H and O–H groups in total. The lowest BCUT2D eigenvalue weighted by Gasteiger charge is -2.10. The summed E-state index contributed by atoms with van der Waals surface area (Å²) in [6.07, 6.45) is 3.29. The van der Waals surface area contributed by atoms with Crippen LogP contribution in [0.15, 0.2) is 42.6 Å². The van der Waals surface area contributed by atoms with Crippen LogP contribution in [0.25, 0.3) is 11.2 Å². The van der Waals surface area contributed by atoms with Crippen molar-refractivity contribution in [3.05, 3.63) is 54.0 Å². The molecule has 0 bridgehead atoms. The normalized spacial score (nSPS) is 11.0. The largest absolute Gasteiger partial charge is 0.493 e. The molecule has 3 rings (SSSR count). The number of pyridine rings is 1. The first-order valence-corrected chi connectivity index (χ1v) is 8.92. The van der Waals surface area contributed by atoms with Crippen LogP contribution in [0, 0.1) is 5.92 Å². The van der Waals surface area contributed by atoms with Gasteiger partial charge in [-0.3, -0.25) is 4.79 Å². The zero-order valence-corrected chi connectivity index (χ0v) is 15.2. The molecule has 6 heteroatoms. The van der Waals surface area contributed by atoms with Gasteiger partial charge in [0.2, 0.25) is 0 Å². The van der Waals surface area contributed by atoms with Gasteiger partial charge in [-0.05, 0) is 42.7 Å². The summed E-state index contributed by atoms with van der Waals surface area (Å²) < 4.78 is 5.67. The lowest BCUT2D eigenvalue weighted by molar-refractivity contribution is 0.0952. The second kappa shape index (κ2) is 8.47. The third kappa shape index (κ3) is 4.81. The number of fused-ring (bicyclic) bond motifs is 1. The highest BCUT2D eigenvalue weighted by Gasteiger charge is 2.08. The number of imidazole rings is 1. The molecule has 3 aromatic rings. The van der Waals surface area contributed by atoms with Gasteiger partial charge in [0, 0.05) is 24.7 Å². The second-order valence-electron chi connectivity index (χ2n) is 6.65. The monoisotopic (exact) mass is 352 g/mol. The van der Waals surface area contributed by atoms with Crippen LogP contribution in [0.4, 0.5) is 0 Å². The van der Waals surface area contributed by atoms with Crippen molar-refractivity contribution in [2.24, 2.45) is 5.92 Å². The molecule has 136 valence electrons. The third-order valence-corrected chi connectivity index (χ3v) is 3.86. The topological polar surface area (TPSA) is 79.9 Å². The van der Waals surface area contributed by atoms with Crippen LogP contribution < -0.4 is 10.1 Å². The predicted molar refractivity (Wildman–Crippen MR) is 101 cm³/mol. The first-order chi connectivity index (χ1) is 12.6. The molecule has 0 saturated heterocycles. The number of amides is 1. The van der Waals surface area contributed by atoms with E-state index < -0.39 is 0 Å². The molecule has 0 aliphatic carbocycles. The Kier molecular flexibility index (Phi) is 5.84. The fourth-order valence-electron chi connectivity index (χ4n) is 2.56. The van der Waals surface area contributed by atoms with Crippen molar-refractivity contribution in [2.45, 2.75) is 26.7 Å². The average Bonchev–Trinajstić information content (AvgIpc) is 3.06. The van der Waals surface area contributed by atoms with Crippen molar-refractivity contribution in [1.29, 1.82) is 0 Å². The summed E-state index contributed by atoms with van der Waals surface area (Å²) in [5, 5.41) is 2.94. The predicted octanol–water partition coefficient (Wildman–Crippen LogP) is 3.36. The minimum atomic E-state index is -0.0914. The van der Waals surface area contributed by atoms with Gasteiger partial charge in [0.15, 0.2) is 5.65 Å². The summed E-state index contributed by atoms with van der Waals surface area (Å²) in [5.41, 5.74) is 2.27. The Morgan fingerprint density at radius 1 is 1.27 bits per heavy atom. The maximum atomic E-state index is 12.3. The highest BCUT2D eigenvalue weighted by Crippen LogP contribution is 2.14. The lowest BCUT2D eigenvalue weighted by atomic mass is 10.2. The molecular formula is C20H24N4O2. The number of rotatable bonds is 8. The quantitative estimate of drug-likeness (QED) is 0.609. The van der Waals surface area contributed by atoms with Crippen molar-refractivity contribution in [1.82, 2.24) is 20.3 Å². The van der Waals surface area contributed by atoms with Crippen molar-refractivity contribution in [3.63, 3.8) is 0 Å². The van der Waals surface area contributed by atoms with Crippen LogP contribution in [0.1, 0.15) is 36.5 Å². The van der Waals surface area contributed by atoms with E-state index in [1.54, 1.807) is 18.3 Å². The summed E-state index contributed by atoms with van der Waals surface area (Å²) in [6.45, 7) is 5.40. The minimum Gasteiger partial charge on any atom is -0.493 e. The SMILES string of the molecule is CC(C)COc1cccc(C(=O)NCCCc2nc3ncccc3[nH]2)c1.